The lowest BCUT2D eigenvalue weighted by Crippen LogP contribution is -2.27. The first-order valence-corrected chi connectivity index (χ1v) is 8.62. The number of nitrogens with zero attached hydrogens (tertiary/aromatic N) is 4. The van der Waals surface area contributed by atoms with Gasteiger partial charge in [-0.3, -0.25) is 5.10 Å². The number of benzene rings is 1. The molecule has 25 heavy (non-hydrogen) atoms. The number of imidazole rings is 1. The lowest BCUT2D eigenvalue weighted by molar-refractivity contribution is 0.0400. The molecule has 130 valence electrons. The van der Waals surface area contributed by atoms with Crippen LogP contribution in [-0.4, -0.2) is 37.4 Å². The van der Waals surface area contributed by atoms with Gasteiger partial charge in [-0.15, -0.1) is 0 Å². The minimum atomic E-state index is 0.00283. The normalized spacial score (nSPS) is 20.2. The van der Waals surface area contributed by atoms with E-state index in [0.29, 0.717) is 6.54 Å². The molecule has 3 aromatic rings. The molecular weight excluding hydrogens is 316 g/mol. The molecule has 2 atom stereocenters. The van der Waals surface area contributed by atoms with Crippen LogP contribution in [0, 0.1) is 6.92 Å². The summed E-state index contributed by atoms with van der Waals surface area (Å²) < 4.78 is 8.16. The number of rotatable bonds is 6. The second-order valence-corrected chi connectivity index (χ2v) is 6.28. The van der Waals surface area contributed by atoms with E-state index in [1.807, 2.05) is 37.5 Å². The van der Waals surface area contributed by atoms with Crippen LogP contribution in [0.5, 0.6) is 0 Å². The van der Waals surface area contributed by atoms with E-state index in [9.17, 15) is 0 Å². The molecule has 0 spiro atoms. The van der Waals surface area contributed by atoms with Crippen LogP contribution in [0.1, 0.15) is 36.4 Å². The van der Waals surface area contributed by atoms with Gasteiger partial charge in [0.2, 0.25) is 0 Å². The third-order valence-corrected chi connectivity index (χ3v) is 4.42. The first-order valence-electron chi connectivity index (χ1n) is 8.62. The van der Waals surface area contributed by atoms with Crippen molar-refractivity contribution in [3.8, 4) is 5.69 Å². The van der Waals surface area contributed by atoms with Crippen molar-refractivity contribution in [1.29, 1.82) is 0 Å². The maximum absolute atomic E-state index is 6.06. The Balaban J connectivity index is 1.30. The number of nitrogens with one attached hydrogen (secondary N) is 2. The van der Waals surface area contributed by atoms with Crippen molar-refractivity contribution in [3.63, 3.8) is 0 Å². The van der Waals surface area contributed by atoms with Crippen molar-refractivity contribution in [2.75, 3.05) is 6.54 Å². The molecule has 0 radical (unpaired) electrons. The number of aromatic amines is 1. The van der Waals surface area contributed by atoms with Gasteiger partial charge >= 0.3 is 0 Å². The lowest BCUT2D eigenvalue weighted by Gasteiger charge is -2.13. The molecular formula is C18H22N6O. The highest BCUT2D eigenvalue weighted by atomic mass is 16.5. The predicted molar refractivity (Wildman–Crippen MR) is 93.2 cm³/mol. The number of hydrogen-bond acceptors (Lipinski definition) is 5. The number of hydrogen-bond donors (Lipinski definition) is 2. The number of para-hydroxylation sites is 1. The Morgan fingerprint density at radius 1 is 1.28 bits per heavy atom. The maximum Gasteiger partial charge on any atom is 0.179 e. The SMILES string of the molecule is Cc1nc([C@@H]2CC[C@H](CNCc3nccn3-c3ccccc3)O2)n[nH]1. The average molecular weight is 338 g/mol. The molecule has 0 bridgehead atoms. The van der Waals surface area contributed by atoms with Crippen molar-refractivity contribution in [3.05, 3.63) is 60.2 Å². The highest BCUT2D eigenvalue weighted by Crippen LogP contribution is 2.30. The van der Waals surface area contributed by atoms with E-state index in [2.05, 4.69) is 42.2 Å². The Bertz CT molecular complexity index is 812. The molecule has 4 rings (SSSR count). The Morgan fingerprint density at radius 3 is 2.96 bits per heavy atom. The summed E-state index contributed by atoms with van der Waals surface area (Å²) >= 11 is 0. The van der Waals surface area contributed by atoms with E-state index in [1.165, 1.54) is 0 Å². The Labute approximate surface area is 146 Å². The molecule has 0 aliphatic carbocycles. The Kier molecular flexibility index (Phi) is 4.58. The number of aromatic nitrogens is 5. The second-order valence-electron chi connectivity index (χ2n) is 6.28. The van der Waals surface area contributed by atoms with Crippen LogP contribution in [-0.2, 0) is 11.3 Å². The summed E-state index contributed by atoms with van der Waals surface area (Å²) in [6.07, 6.45) is 5.98. The van der Waals surface area contributed by atoms with Crippen LogP contribution in [0.2, 0.25) is 0 Å². The molecule has 1 aromatic carbocycles. The Hall–Kier alpha value is -2.51. The summed E-state index contributed by atoms with van der Waals surface area (Å²) in [4.78, 5) is 8.83. The molecule has 1 saturated heterocycles. The number of ether oxygens (including phenoxy) is 1. The second kappa shape index (κ2) is 7.16. The van der Waals surface area contributed by atoms with Crippen molar-refractivity contribution < 1.29 is 4.74 Å². The molecule has 0 unspecified atom stereocenters. The molecule has 1 fully saturated rings. The molecule has 7 nitrogen and oxygen atoms in total. The zero-order valence-corrected chi connectivity index (χ0v) is 14.2. The van der Waals surface area contributed by atoms with Crippen molar-refractivity contribution in [2.24, 2.45) is 0 Å². The number of aryl methyl sites for hydroxylation is 1. The van der Waals surface area contributed by atoms with Crippen LogP contribution in [0.15, 0.2) is 42.7 Å². The molecule has 3 heterocycles. The fourth-order valence-corrected chi connectivity index (χ4v) is 3.18. The fraction of sp³-hybridized carbons (Fsp3) is 0.389. The van der Waals surface area contributed by atoms with Gasteiger partial charge in [-0.25, -0.2) is 9.97 Å². The molecule has 7 heteroatoms. The van der Waals surface area contributed by atoms with Gasteiger partial charge in [-0.1, -0.05) is 18.2 Å². The summed E-state index contributed by atoms with van der Waals surface area (Å²) in [6.45, 7) is 3.40. The smallest absolute Gasteiger partial charge is 0.179 e. The van der Waals surface area contributed by atoms with Gasteiger partial charge in [0.1, 0.15) is 17.8 Å². The van der Waals surface area contributed by atoms with Crippen LogP contribution < -0.4 is 5.32 Å². The van der Waals surface area contributed by atoms with Crippen molar-refractivity contribution in [2.45, 2.75) is 38.5 Å². The van der Waals surface area contributed by atoms with E-state index in [0.717, 1.165) is 42.5 Å². The maximum atomic E-state index is 6.06. The minimum absolute atomic E-state index is 0.00283. The number of H-pyrrole nitrogens is 1. The summed E-state index contributed by atoms with van der Waals surface area (Å²) in [5, 5.41) is 10.5. The van der Waals surface area contributed by atoms with Gasteiger partial charge in [0.15, 0.2) is 5.82 Å². The summed E-state index contributed by atoms with van der Waals surface area (Å²) in [6, 6.07) is 10.2. The van der Waals surface area contributed by atoms with E-state index in [-0.39, 0.29) is 12.2 Å². The first kappa shape index (κ1) is 16.0. The van der Waals surface area contributed by atoms with Crippen LogP contribution in [0.3, 0.4) is 0 Å². The largest absolute Gasteiger partial charge is 0.366 e. The van der Waals surface area contributed by atoms with Crippen LogP contribution >= 0.6 is 0 Å². The van der Waals surface area contributed by atoms with E-state index >= 15 is 0 Å². The van der Waals surface area contributed by atoms with Crippen LogP contribution in [0.4, 0.5) is 0 Å². The van der Waals surface area contributed by atoms with Gasteiger partial charge in [0.05, 0.1) is 12.6 Å². The highest BCUT2D eigenvalue weighted by molar-refractivity contribution is 5.32. The standard InChI is InChI=1S/C18H22N6O/c1-13-21-18(23-22-13)16-8-7-15(25-16)11-19-12-17-20-9-10-24(17)14-5-3-2-4-6-14/h2-6,9-10,15-16,19H,7-8,11-12H2,1H3,(H,21,22,23)/t15-,16+/m1/s1. The monoisotopic (exact) mass is 338 g/mol. The molecule has 1 aliphatic heterocycles. The Morgan fingerprint density at radius 2 is 2.16 bits per heavy atom. The first-order chi connectivity index (χ1) is 12.3. The molecule has 2 N–H and O–H groups in total. The quantitative estimate of drug-likeness (QED) is 0.721. The summed E-state index contributed by atoms with van der Waals surface area (Å²) in [5.41, 5.74) is 1.12. The fourth-order valence-electron chi connectivity index (χ4n) is 3.18. The molecule has 1 aliphatic rings. The van der Waals surface area contributed by atoms with E-state index < -0.39 is 0 Å². The highest BCUT2D eigenvalue weighted by Gasteiger charge is 2.28. The van der Waals surface area contributed by atoms with Crippen LogP contribution in [0.25, 0.3) is 5.69 Å². The van der Waals surface area contributed by atoms with Gasteiger partial charge in [-0.05, 0) is 31.9 Å². The van der Waals surface area contributed by atoms with Gasteiger partial charge < -0.3 is 14.6 Å². The van der Waals surface area contributed by atoms with E-state index in [1.54, 1.807) is 0 Å². The third-order valence-electron chi connectivity index (χ3n) is 4.42. The third kappa shape index (κ3) is 3.62. The van der Waals surface area contributed by atoms with Gasteiger partial charge in [0.25, 0.3) is 0 Å². The topological polar surface area (TPSA) is 80.7 Å². The predicted octanol–water partition coefficient (Wildman–Crippen LogP) is 2.31. The minimum Gasteiger partial charge on any atom is -0.366 e. The van der Waals surface area contributed by atoms with Gasteiger partial charge in [0, 0.05) is 24.6 Å². The average Bonchev–Trinajstić information content (AvgIpc) is 3.36. The van der Waals surface area contributed by atoms with Crippen molar-refractivity contribution >= 4 is 0 Å². The molecule has 0 saturated carbocycles. The van der Waals surface area contributed by atoms with Crippen molar-refractivity contribution in [1.82, 2.24) is 30.0 Å². The zero-order valence-electron chi connectivity index (χ0n) is 14.2. The summed E-state index contributed by atoms with van der Waals surface area (Å²) in [7, 11) is 0. The molecule has 2 aromatic heterocycles. The van der Waals surface area contributed by atoms with E-state index in [4.69, 9.17) is 4.74 Å². The molecule has 0 amide bonds. The summed E-state index contributed by atoms with van der Waals surface area (Å²) in [5.74, 6) is 2.58. The van der Waals surface area contributed by atoms with Gasteiger partial charge in [-0.2, -0.15) is 5.10 Å². The zero-order chi connectivity index (χ0) is 17.1. The lowest BCUT2D eigenvalue weighted by atomic mass is 10.2.